The number of hydrogen-bond acceptors (Lipinski definition) is 3. The van der Waals surface area contributed by atoms with Crippen molar-refractivity contribution >= 4 is 0 Å². The Morgan fingerprint density at radius 1 is 1.50 bits per heavy atom. The molecule has 0 spiro atoms. The zero-order valence-corrected chi connectivity index (χ0v) is 6.08. The van der Waals surface area contributed by atoms with E-state index in [4.69, 9.17) is 5.11 Å². The minimum atomic E-state index is 0.239. The van der Waals surface area contributed by atoms with Gasteiger partial charge in [0.05, 0.1) is 6.73 Å². The molecule has 0 saturated carbocycles. The molecule has 0 aliphatic carbocycles. The Morgan fingerprint density at radius 2 is 2.40 bits per heavy atom. The molecule has 10 heavy (non-hydrogen) atoms. The topological polar surface area (TPSA) is 35.5 Å². The number of fused-ring (bicyclic) bond motifs is 1. The van der Waals surface area contributed by atoms with E-state index >= 15 is 0 Å². The van der Waals surface area contributed by atoms with Crippen molar-refractivity contribution in [2.24, 2.45) is 0 Å². The summed E-state index contributed by atoms with van der Waals surface area (Å²) in [5, 5.41) is 12.3. The molecule has 0 amide bonds. The molecular weight excluding hydrogens is 128 g/mol. The third kappa shape index (κ3) is 0.856. The highest BCUT2D eigenvalue weighted by Gasteiger charge is 2.36. The van der Waals surface area contributed by atoms with Gasteiger partial charge in [0.25, 0.3) is 0 Å². The zero-order chi connectivity index (χ0) is 6.97. The number of hydrogen-bond donors (Lipinski definition) is 2. The maximum atomic E-state index is 8.91. The van der Waals surface area contributed by atoms with E-state index in [9.17, 15) is 0 Å². The van der Waals surface area contributed by atoms with Gasteiger partial charge >= 0.3 is 0 Å². The van der Waals surface area contributed by atoms with Gasteiger partial charge in [0, 0.05) is 18.6 Å². The van der Waals surface area contributed by atoms with Gasteiger partial charge < -0.3 is 10.4 Å². The summed E-state index contributed by atoms with van der Waals surface area (Å²) in [5.74, 6) is 0. The van der Waals surface area contributed by atoms with Crippen LogP contribution in [0.4, 0.5) is 0 Å². The Morgan fingerprint density at radius 3 is 3.20 bits per heavy atom. The molecule has 0 aromatic rings. The molecule has 2 rings (SSSR count). The number of likely N-dealkylation sites (tertiary alicyclic amines) is 1. The second kappa shape index (κ2) is 2.49. The highest BCUT2D eigenvalue weighted by Crippen LogP contribution is 2.23. The number of rotatable bonds is 1. The van der Waals surface area contributed by atoms with Crippen molar-refractivity contribution in [1.29, 1.82) is 0 Å². The summed E-state index contributed by atoms with van der Waals surface area (Å²) in [6, 6.07) is 1.30. The fraction of sp³-hybridized carbons (Fsp3) is 1.00. The molecule has 2 aliphatic rings. The third-order valence-corrected chi connectivity index (χ3v) is 2.69. The van der Waals surface area contributed by atoms with E-state index in [0.717, 1.165) is 13.1 Å². The highest BCUT2D eigenvalue weighted by atomic mass is 16.3. The van der Waals surface area contributed by atoms with Crippen LogP contribution in [0.25, 0.3) is 0 Å². The fourth-order valence-corrected chi connectivity index (χ4v) is 2.13. The quantitative estimate of drug-likeness (QED) is 0.512. The van der Waals surface area contributed by atoms with Gasteiger partial charge in [-0.3, -0.25) is 4.90 Å². The van der Waals surface area contributed by atoms with E-state index in [-0.39, 0.29) is 6.73 Å². The second-order valence-corrected chi connectivity index (χ2v) is 3.16. The molecule has 0 radical (unpaired) electrons. The minimum absolute atomic E-state index is 0.239. The van der Waals surface area contributed by atoms with E-state index in [1.165, 1.54) is 12.8 Å². The van der Waals surface area contributed by atoms with Gasteiger partial charge in [-0.25, -0.2) is 0 Å². The van der Waals surface area contributed by atoms with Crippen LogP contribution < -0.4 is 5.32 Å². The molecule has 2 unspecified atom stereocenters. The average molecular weight is 142 g/mol. The first kappa shape index (κ1) is 6.58. The predicted molar refractivity (Wildman–Crippen MR) is 38.6 cm³/mol. The summed E-state index contributed by atoms with van der Waals surface area (Å²) in [6.45, 7) is 2.44. The van der Waals surface area contributed by atoms with Crippen LogP contribution in [0.15, 0.2) is 0 Å². The lowest BCUT2D eigenvalue weighted by molar-refractivity contribution is 0.0967. The monoisotopic (exact) mass is 142 g/mol. The Bertz CT molecular complexity index is 129. The third-order valence-electron chi connectivity index (χ3n) is 2.69. The van der Waals surface area contributed by atoms with Crippen molar-refractivity contribution in [3.05, 3.63) is 0 Å². The molecular formula is C7H14N2O. The largest absolute Gasteiger partial charge is 0.381 e. The van der Waals surface area contributed by atoms with Crippen LogP contribution in [-0.4, -0.2) is 41.9 Å². The van der Waals surface area contributed by atoms with Gasteiger partial charge in [-0.15, -0.1) is 0 Å². The molecule has 2 saturated heterocycles. The van der Waals surface area contributed by atoms with E-state index in [1.807, 2.05) is 0 Å². The van der Waals surface area contributed by atoms with Crippen LogP contribution in [0.5, 0.6) is 0 Å². The standard InChI is InChI=1S/C7H14N2O/c10-5-9-4-2-6-7(9)1-3-8-6/h6-8,10H,1-5H2. The summed E-state index contributed by atoms with van der Waals surface area (Å²) in [4.78, 5) is 2.16. The summed E-state index contributed by atoms with van der Waals surface area (Å²) in [6.07, 6.45) is 2.43. The maximum absolute atomic E-state index is 8.91. The SMILES string of the molecule is OCN1CCC2NCCC21. The lowest BCUT2D eigenvalue weighted by Crippen LogP contribution is -2.34. The number of aliphatic hydroxyl groups is 1. The van der Waals surface area contributed by atoms with E-state index in [0.29, 0.717) is 12.1 Å². The molecule has 3 nitrogen and oxygen atoms in total. The van der Waals surface area contributed by atoms with Crippen molar-refractivity contribution in [3.8, 4) is 0 Å². The second-order valence-electron chi connectivity index (χ2n) is 3.16. The van der Waals surface area contributed by atoms with Gasteiger partial charge in [-0.05, 0) is 19.4 Å². The fourth-order valence-electron chi connectivity index (χ4n) is 2.13. The van der Waals surface area contributed by atoms with Gasteiger partial charge in [-0.2, -0.15) is 0 Å². The molecule has 58 valence electrons. The van der Waals surface area contributed by atoms with Gasteiger partial charge in [0.2, 0.25) is 0 Å². The molecule has 2 aliphatic heterocycles. The van der Waals surface area contributed by atoms with Crippen molar-refractivity contribution in [1.82, 2.24) is 10.2 Å². The van der Waals surface area contributed by atoms with E-state index in [1.54, 1.807) is 0 Å². The lowest BCUT2D eigenvalue weighted by Gasteiger charge is -2.19. The van der Waals surface area contributed by atoms with Crippen LogP contribution in [0, 0.1) is 0 Å². The van der Waals surface area contributed by atoms with Crippen LogP contribution >= 0.6 is 0 Å². The Balaban J connectivity index is 2.01. The van der Waals surface area contributed by atoms with Crippen LogP contribution in [0.1, 0.15) is 12.8 Å². The molecule has 2 fully saturated rings. The average Bonchev–Trinajstić information content (AvgIpc) is 2.44. The highest BCUT2D eigenvalue weighted by molar-refractivity contribution is 4.95. The Labute approximate surface area is 61.0 Å². The molecule has 0 bridgehead atoms. The summed E-state index contributed by atoms with van der Waals surface area (Å²) < 4.78 is 0. The maximum Gasteiger partial charge on any atom is 0.0959 e. The van der Waals surface area contributed by atoms with Crippen molar-refractivity contribution in [2.45, 2.75) is 24.9 Å². The first-order chi connectivity index (χ1) is 4.92. The Kier molecular flexibility index (Phi) is 1.64. The van der Waals surface area contributed by atoms with Gasteiger partial charge in [0.1, 0.15) is 0 Å². The number of aliphatic hydroxyl groups excluding tert-OH is 1. The van der Waals surface area contributed by atoms with Crippen LogP contribution in [0.2, 0.25) is 0 Å². The summed E-state index contributed by atoms with van der Waals surface area (Å²) in [5.41, 5.74) is 0. The number of nitrogens with one attached hydrogen (secondary N) is 1. The van der Waals surface area contributed by atoms with Crippen LogP contribution in [0.3, 0.4) is 0 Å². The first-order valence-electron chi connectivity index (χ1n) is 4.00. The molecule has 2 heterocycles. The molecule has 3 heteroatoms. The molecule has 0 aromatic carbocycles. The molecule has 0 aromatic heterocycles. The summed E-state index contributed by atoms with van der Waals surface area (Å²) in [7, 11) is 0. The lowest BCUT2D eigenvalue weighted by atomic mass is 10.1. The smallest absolute Gasteiger partial charge is 0.0959 e. The van der Waals surface area contributed by atoms with Gasteiger partial charge in [-0.1, -0.05) is 0 Å². The molecule has 2 atom stereocenters. The van der Waals surface area contributed by atoms with Crippen LogP contribution in [-0.2, 0) is 0 Å². The normalized spacial score (nSPS) is 40.5. The first-order valence-corrected chi connectivity index (χ1v) is 4.00. The summed E-state index contributed by atoms with van der Waals surface area (Å²) >= 11 is 0. The number of nitrogens with zero attached hydrogens (tertiary/aromatic N) is 1. The van der Waals surface area contributed by atoms with Crippen molar-refractivity contribution in [2.75, 3.05) is 19.8 Å². The van der Waals surface area contributed by atoms with E-state index < -0.39 is 0 Å². The van der Waals surface area contributed by atoms with E-state index in [2.05, 4.69) is 10.2 Å². The van der Waals surface area contributed by atoms with Gasteiger partial charge in [0.15, 0.2) is 0 Å². The zero-order valence-electron chi connectivity index (χ0n) is 6.08. The predicted octanol–water partition coefficient (Wildman–Crippen LogP) is -0.628. The van der Waals surface area contributed by atoms with Crippen molar-refractivity contribution in [3.63, 3.8) is 0 Å². The minimum Gasteiger partial charge on any atom is -0.381 e. The molecule has 2 N–H and O–H groups in total. The Hall–Kier alpha value is -0.120. The van der Waals surface area contributed by atoms with Crippen molar-refractivity contribution < 1.29 is 5.11 Å².